The third-order valence-electron chi connectivity index (χ3n) is 4.12. The lowest BCUT2D eigenvalue weighted by atomic mass is 10.1. The maximum absolute atomic E-state index is 12.7. The van der Waals surface area contributed by atoms with Gasteiger partial charge in [0, 0.05) is 6.07 Å². The number of aryl methyl sites for hydroxylation is 2. The minimum absolute atomic E-state index is 0.279. The van der Waals surface area contributed by atoms with E-state index in [9.17, 15) is 4.79 Å². The van der Waals surface area contributed by atoms with Gasteiger partial charge in [-0.3, -0.25) is 4.79 Å². The van der Waals surface area contributed by atoms with E-state index < -0.39 is 0 Å². The number of carbonyl (C=O) groups is 1. The van der Waals surface area contributed by atoms with Crippen LogP contribution in [0.1, 0.15) is 27.4 Å². The summed E-state index contributed by atoms with van der Waals surface area (Å²) in [7, 11) is 0. The minimum Gasteiger partial charge on any atom is -0.440 e. The molecule has 1 aromatic carbocycles. The van der Waals surface area contributed by atoms with Gasteiger partial charge in [-0.05, 0) is 30.9 Å². The van der Waals surface area contributed by atoms with Crippen LogP contribution >= 0.6 is 11.3 Å². The molecule has 0 atom stereocenters. The highest BCUT2D eigenvalue weighted by Gasteiger charge is 2.20. The van der Waals surface area contributed by atoms with Gasteiger partial charge >= 0.3 is 0 Å². The third kappa shape index (κ3) is 3.68. The zero-order valence-corrected chi connectivity index (χ0v) is 15.8. The Labute approximate surface area is 160 Å². The van der Waals surface area contributed by atoms with Crippen LogP contribution in [0.15, 0.2) is 58.5 Å². The Bertz CT molecular complexity index is 1080. The maximum atomic E-state index is 12.7. The second-order valence-electron chi connectivity index (χ2n) is 6.22. The Morgan fingerprint density at radius 2 is 2.11 bits per heavy atom. The molecule has 0 saturated heterocycles. The van der Waals surface area contributed by atoms with Crippen molar-refractivity contribution in [1.82, 2.24) is 14.8 Å². The summed E-state index contributed by atoms with van der Waals surface area (Å²) in [5.41, 5.74) is 2.58. The highest BCUT2D eigenvalue weighted by Crippen LogP contribution is 2.26. The largest absolute Gasteiger partial charge is 0.440 e. The molecule has 3 aromatic heterocycles. The van der Waals surface area contributed by atoms with Gasteiger partial charge in [0.25, 0.3) is 5.91 Å². The van der Waals surface area contributed by atoms with Gasteiger partial charge in [-0.2, -0.15) is 5.10 Å². The molecule has 0 aliphatic carbocycles. The molecule has 0 radical (unpaired) electrons. The van der Waals surface area contributed by atoms with Gasteiger partial charge in [0.15, 0.2) is 5.69 Å². The van der Waals surface area contributed by atoms with Crippen LogP contribution in [0.25, 0.3) is 10.8 Å². The number of anilines is 1. The summed E-state index contributed by atoms with van der Waals surface area (Å²) >= 11 is 1.52. The van der Waals surface area contributed by atoms with Crippen molar-refractivity contribution >= 4 is 23.1 Å². The lowest BCUT2D eigenvalue weighted by Crippen LogP contribution is -2.17. The molecule has 3 heterocycles. The number of thiophene rings is 1. The number of nitrogens with zero attached hydrogens (tertiary/aromatic N) is 3. The molecule has 0 unspecified atom stereocenters. The fourth-order valence-corrected chi connectivity index (χ4v) is 3.49. The summed E-state index contributed by atoms with van der Waals surface area (Å²) in [6.07, 6.45) is 1.66. The van der Waals surface area contributed by atoms with Crippen molar-refractivity contribution < 1.29 is 9.21 Å². The van der Waals surface area contributed by atoms with E-state index in [4.69, 9.17) is 4.42 Å². The molecule has 6 nitrogen and oxygen atoms in total. The monoisotopic (exact) mass is 378 g/mol. The number of hydrogen-bond acceptors (Lipinski definition) is 5. The molecule has 136 valence electrons. The van der Waals surface area contributed by atoms with Gasteiger partial charge in [0.2, 0.25) is 5.89 Å². The average Bonchev–Trinajstić information content (AvgIpc) is 3.36. The molecular weight excluding hydrogens is 360 g/mol. The van der Waals surface area contributed by atoms with E-state index >= 15 is 0 Å². The van der Waals surface area contributed by atoms with Gasteiger partial charge in [-0.25, -0.2) is 9.67 Å². The summed E-state index contributed by atoms with van der Waals surface area (Å²) in [5, 5.41) is 9.14. The number of nitrogens with one attached hydrogen (secondary N) is 1. The molecule has 1 amide bonds. The Morgan fingerprint density at radius 3 is 2.89 bits per heavy atom. The van der Waals surface area contributed by atoms with Crippen molar-refractivity contribution in [2.45, 2.75) is 20.4 Å². The second-order valence-corrected chi connectivity index (χ2v) is 7.17. The summed E-state index contributed by atoms with van der Waals surface area (Å²) in [6, 6.07) is 13.8. The zero-order valence-electron chi connectivity index (χ0n) is 15.0. The SMILES string of the molecule is Cc1cccc(Cn2nccc2NC(=O)c2nc(-c3cccs3)oc2C)c1. The molecular formula is C20H18N4O2S. The predicted molar refractivity (Wildman–Crippen MR) is 105 cm³/mol. The molecule has 0 saturated carbocycles. The Kier molecular flexibility index (Phi) is 4.60. The van der Waals surface area contributed by atoms with Crippen LogP contribution in [0.4, 0.5) is 5.82 Å². The Morgan fingerprint density at radius 1 is 1.22 bits per heavy atom. The first kappa shape index (κ1) is 17.2. The molecule has 4 rings (SSSR count). The summed E-state index contributed by atoms with van der Waals surface area (Å²) in [6.45, 7) is 4.36. The number of benzene rings is 1. The molecule has 0 fully saturated rings. The topological polar surface area (TPSA) is 73.0 Å². The van der Waals surface area contributed by atoms with Crippen LogP contribution in [0.5, 0.6) is 0 Å². The van der Waals surface area contributed by atoms with Crippen LogP contribution in [0, 0.1) is 13.8 Å². The zero-order chi connectivity index (χ0) is 18.8. The van der Waals surface area contributed by atoms with E-state index in [0.29, 0.717) is 24.0 Å². The molecule has 7 heteroatoms. The van der Waals surface area contributed by atoms with E-state index in [0.717, 1.165) is 10.4 Å². The van der Waals surface area contributed by atoms with Gasteiger partial charge < -0.3 is 9.73 Å². The molecule has 0 aliphatic heterocycles. The van der Waals surface area contributed by atoms with Crippen molar-refractivity contribution in [1.29, 1.82) is 0 Å². The lowest BCUT2D eigenvalue weighted by Gasteiger charge is -2.09. The first-order valence-electron chi connectivity index (χ1n) is 8.50. The van der Waals surface area contributed by atoms with E-state index in [-0.39, 0.29) is 11.6 Å². The average molecular weight is 378 g/mol. The van der Waals surface area contributed by atoms with Gasteiger partial charge in [-0.15, -0.1) is 11.3 Å². The number of rotatable bonds is 5. The van der Waals surface area contributed by atoms with Gasteiger partial charge in [-0.1, -0.05) is 35.9 Å². The maximum Gasteiger partial charge on any atom is 0.279 e. The molecule has 1 N–H and O–H groups in total. The van der Waals surface area contributed by atoms with Crippen LogP contribution < -0.4 is 5.32 Å². The van der Waals surface area contributed by atoms with Crippen molar-refractivity contribution in [3.05, 3.63) is 76.6 Å². The number of carbonyl (C=O) groups excluding carboxylic acids is 1. The molecule has 0 aliphatic rings. The Hall–Kier alpha value is -3.19. The Balaban J connectivity index is 1.53. The highest BCUT2D eigenvalue weighted by atomic mass is 32.1. The van der Waals surface area contributed by atoms with Crippen LogP contribution in [-0.2, 0) is 6.54 Å². The highest BCUT2D eigenvalue weighted by molar-refractivity contribution is 7.13. The molecule has 27 heavy (non-hydrogen) atoms. The van der Waals surface area contributed by atoms with Crippen molar-refractivity contribution in [3.8, 4) is 10.8 Å². The van der Waals surface area contributed by atoms with Crippen molar-refractivity contribution in [2.75, 3.05) is 5.32 Å². The van der Waals surface area contributed by atoms with Crippen LogP contribution in [-0.4, -0.2) is 20.7 Å². The number of amides is 1. The number of aromatic nitrogens is 3. The fraction of sp³-hybridized carbons (Fsp3) is 0.150. The normalized spacial score (nSPS) is 10.9. The summed E-state index contributed by atoms with van der Waals surface area (Å²) in [4.78, 5) is 18.0. The van der Waals surface area contributed by atoms with Crippen molar-refractivity contribution in [3.63, 3.8) is 0 Å². The lowest BCUT2D eigenvalue weighted by molar-refractivity contribution is 0.102. The van der Waals surface area contributed by atoms with Crippen LogP contribution in [0.3, 0.4) is 0 Å². The predicted octanol–water partition coefficient (Wildman–Crippen LogP) is 4.52. The van der Waals surface area contributed by atoms with Gasteiger partial charge in [0.05, 0.1) is 17.6 Å². The van der Waals surface area contributed by atoms with Crippen LogP contribution in [0.2, 0.25) is 0 Å². The number of oxazole rings is 1. The number of hydrogen-bond donors (Lipinski definition) is 1. The third-order valence-corrected chi connectivity index (χ3v) is 4.97. The second kappa shape index (κ2) is 7.20. The fourth-order valence-electron chi connectivity index (χ4n) is 2.84. The standard InChI is InChI=1S/C20H18N4O2S/c1-13-5-3-6-15(11-13)12-24-17(8-9-21-24)22-19(25)18-14(2)26-20(23-18)16-7-4-10-27-16/h3-11H,12H2,1-2H3,(H,22,25). The van der Waals surface area contributed by atoms with Gasteiger partial charge in [0.1, 0.15) is 11.6 Å². The molecule has 0 bridgehead atoms. The van der Waals surface area contributed by atoms with E-state index in [1.807, 2.05) is 42.6 Å². The first-order valence-corrected chi connectivity index (χ1v) is 9.38. The van der Waals surface area contributed by atoms with E-state index in [1.165, 1.54) is 16.9 Å². The summed E-state index contributed by atoms with van der Waals surface area (Å²) < 4.78 is 7.41. The first-order chi connectivity index (χ1) is 13.1. The molecule has 4 aromatic rings. The smallest absolute Gasteiger partial charge is 0.279 e. The minimum atomic E-state index is -0.315. The quantitative estimate of drug-likeness (QED) is 0.554. The molecule has 0 spiro atoms. The van der Waals surface area contributed by atoms with E-state index in [1.54, 1.807) is 23.9 Å². The summed E-state index contributed by atoms with van der Waals surface area (Å²) in [5.74, 6) is 1.24. The van der Waals surface area contributed by atoms with Crippen molar-refractivity contribution in [2.24, 2.45) is 0 Å². The van der Waals surface area contributed by atoms with E-state index in [2.05, 4.69) is 21.5 Å².